The van der Waals surface area contributed by atoms with Crippen LogP contribution in [0.4, 0.5) is 0 Å². The topological polar surface area (TPSA) is 46.5 Å². The molecule has 1 fully saturated rings. The van der Waals surface area contributed by atoms with Gasteiger partial charge in [-0.2, -0.15) is 0 Å². The molecule has 1 N–H and O–H groups in total. The molecular formula is C12H14O3. The molecule has 1 aliphatic rings. The minimum absolute atomic E-state index is 0.0792. The van der Waals surface area contributed by atoms with Crippen LogP contribution in [-0.2, 0) is 9.53 Å². The van der Waals surface area contributed by atoms with Crippen molar-refractivity contribution in [1.29, 1.82) is 0 Å². The van der Waals surface area contributed by atoms with Gasteiger partial charge in [0, 0.05) is 0 Å². The molecular weight excluding hydrogens is 192 g/mol. The standard InChI is InChI=1S/C12H14O3/c13-12(14)8-10-6-7-11(15-10)9-4-2-1-3-5-9/h1-5,10-11H,6-8H2,(H,13,14)/t10-,11+/m0/s1. The van der Waals surface area contributed by atoms with Crippen LogP contribution < -0.4 is 0 Å². The fraction of sp³-hybridized carbons (Fsp3) is 0.417. The highest BCUT2D eigenvalue weighted by molar-refractivity contribution is 5.67. The van der Waals surface area contributed by atoms with E-state index < -0.39 is 5.97 Å². The summed E-state index contributed by atoms with van der Waals surface area (Å²) in [7, 11) is 0. The predicted octanol–water partition coefficient (Wildman–Crippen LogP) is 2.38. The lowest BCUT2D eigenvalue weighted by Gasteiger charge is -2.12. The summed E-state index contributed by atoms with van der Waals surface area (Å²) in [5.74, 6) is -0.784. The Balaban J connectivity index is 1.96. The van der Waals surface area contributed by atoms with E-state index >= 15 is 0 Å². The van der Waals surface area contributed by atoms with Crippen LogP contribution >= 0.6 is 0 Å². The Morgan fingerprint density at radius 2 is 2.07 bits per heavy atom. The maximum absolute atomic E-state index is 10.5. The Kier molecular flexibility index (Phi) is 3.02. The normalized spacial score (nSPS) is 25.3. The van der Waals surface area contributed by atoms with Crippen LogP contribution in [0.2, 0.25) is 0 Å². The number of hydrogen-bond donors (Lipinski definition) is 1. The Morgan fingerprint density at radius 1 is 1.33 bits per heavy atom. The van der Waals surface area contributed by atoms with Gasteiger partial charge in [0.15, 0.2) is 0 Å². The average molecular weight is 206 g/mol. The molecule has 1 heterocycles. The molecule has 0 aliphatic carbocycles. The molecule has 1 aromatic rings. The van der Waals surface area contributed by atoms with Gasteiger partial charge in [-0.15, -0.1) is 0 Å². The van der Waals surface area contributed by atoms with Gasteiger partial charge in [0.2, 0.25) is 0 Å². The maximum Gasteiger partial charge on any atom is 0.305 e. The third kappa shape index (κ3) is 2.57. The summed E-state index contributed by atoms with van der Waals surface area (Å²) in [6, 6.07) is 9.96. The molecule has 1 saturated heterocycles. The first-order valence-electron chi connectivity index (χ1n) is 5.18. The van der Waals surface area contributed by atoms with Crippen molar-refractivity contribution in [2.24, 2.45) is 0 Å². The minimum Gasteiger partial charge on any atom is -0.481 e. The van der Waals surface area contributed by atoms with Crippen molar-refractivity contribution in [2.45, 2.75) is 31.5 Å². The van der Waals surface area contributed by atoms with Crippen molar-refractivity contribution in [2.75, 3.05) is 0 Å². The molecule has 0 bridgehead atoms. The largest absolute Gasteiger partial charge is 0.481 e. The van der Waals surface area contributed by atoms with E-state index in [1.54, 1.807) is 0 Å². The van der Waals surface area contributed by atoms with Crippen molar-refractivity contribution < 1.29 is 14.6 Å². The third-order valence-corrected chi connectivity index (χ3v) is 2.68. The SMILES string of the molecule is O=C(O)C[C@@H]1CC[C@H](c2ccccc2)O1. The van der Waals surface area contributed by atoms with Crippen LogP contribution in [0.3, 0.4) is 0 Å². The fourth-order valence-corrected chi connectivity index (χ4v) is 1.96. The third-order valence-electron chi connectivity index (χ3n) is 2.68. The van der Waals surface area contributed by atoms with Gasteiger partial charge < -0.3 is 9.84 Å². The zero-order chi connectivity index (χ0) is 10.7. The molecule has 1 aromatic carbocycles. The number of ether oxygens (including phenoxy) is 1. The highest BCUT2D eigenvalue weighted by atomic mass is 16.5. The lowest BCUT2D eigenvalue weighted by Crippen LogP contribution is -2.12. The quantitative estimate of drug-likeness (QED) is 0.825. The fourth-order valence-electron chi connectivity index (χ4n) is 1.96. The van der Waals surface area contributed by atoms with Gasteiger partial charge in [0.25, 0.3) is 0 Å². The van der Waals surface area contributed by atoms with Crippen LogP contribution in [0.5, 0.6) is 0 Å². The van der Waals surface area contributed by atoms with Crippen molar-refractivity contribution >= 4 is 5.97 Å². The summed E-state index contributed by atoms with van der Waals surface area (Å²) in [5.41, 5.74) is 1.14. The monoisotopic (exact) mass is 206 g/mol. The molecule has 0 amide bonds. The molecule has 3 nitrogen and oxygen atoms in total. The van der Waals surface area contributed by atoms with Gasteiger partial charge in [0.1, 0.15) is 0 Å². The lowest BCUT2D eigenvalue weighted by molar-refractivity contribution is -0.140. The first-order valence-corrected chi connectivity index (χ1v) is 5.18. The van der Waals surface area contributed by atoms with E-state index in [1.807, 2.05) is 30.3 Å². The second-order valence-corrected chi connectivity index (χ2v) is 3.83. The van der Waals surface area contributed by atoms with E-state index in [1.165, 1.54) is 0 Å². The summed E-state index contributed by atoms with van der Waals surface area (Å²) < 4.78 is 5.68. The van der Waals surface area contributed by atoms with E-state index in [0.29, 0.717) is 0 Å². The molecule has 0 radical (unpaired) electrons. The van der Waals surface area contributed by atoms with Crippen LogP contribution in [0.1, 0.15) is 30.9 Å². The van der Waals surface area contributed by atoms with E-state index in [9.17, 15) is 4.79 Å². The zero-order valence-electron chi connectivity index (χ0n) is 8.43. The number of carboxylic acid groups (broad SMARTS) is 1. The van der Waals surface area contributed by atoms with Gasteiger partial charge in [-0.05, 0) is 18.4 Å². The second-order valence-electron chi connectivity index (χ2n) is 3.83. The van der Waals surface area contributed by atoms with Gasteiger partial charge in [0.05, 0.1) is 18.6 Å². The van der Waals surface area contributed by atoms with Crippen LogP contribution in [0.15, 0.2) is 30.3 Å². The Bertz CT molecular complexity index is 334. The smallest absolute Gasteiger partial charge is 0.305 e. The number of aliphatic carboxylic acids is 1. The molecule has 80 valence electrons. The summed E-state index contributed by atoms with van der Waals surface area (Å²) >= 11 is 0. The highest BCUT2D eigenvalue weighted by Gasteiger charge is 2.27. The van der Waals surface area contributed by atoms with Crippen LogP contribution in [-0.4, -0.2) is 17.2 Å². The number of carboxylic acids is 1. The predicted molar refractivity (Wildman–Crippen MR) is 55.5 cm³/mol. The number of rotatable bonds is 3. The van der Waals surface area contributed by atoms with Crippen molar-refractivity contribution in [3.8, 4) is 0 Å². The maximum atomic E-state index is 10.5. The van der Waals surface area contributed by atoms with Gasteiger partial charge in [-0.1, -0.05) is 30.3 Å². The van der Waals surface area contributed by atoms with Crippen LogP contribution in [0, 0.1) is 0 Å². The molecule has 3 heteroatoms. The molecule has 0 saturated carbocycles. The molecule has 15 heavy (non-hydrogen) atoms. The van der Waals surface area contributed by atoms with E-state index in [4.69, 9.17) is 9.84 Å². The summed E-state index contributed by atoms with van der Waals surface area (Å²) in [6.07, 6.45) is 1.83. The molecule has 0 spiro atoms. The van der Waals surface area contributed by atoms with E-state index in [0.717, 1.165) is 18.4 Å². The Labute approximate surface area is 88.7 Å². The van der Waals surface area contributed by atoms with Gasteiger partial charge >= 0.3 is 5.97 Å². The van der Waals surface area contributed by atoms with Crippen molar-refractivity contribution in [3.05, 3.63) is 35.9 Å². The van der Waals surface area contributed by atoms with Gasteiger partial charge in [-0.25, -0.2) is 0 Å². The molecule has 0 unspecified atom stereocenters. The Morgan fingerprint density at radius 3 is 2.73 bits per heavy atom. The van der Waals surface area contributed by atoms with E-state index in [-0.39, 0.29) is 18.6 Å². The summed E-state index contributed by atoms with van der Waals surface area (Å²) in [4.78, 5) is 10.5. The van der Waals surface area contributed by atoms with E-state index in [2.05, 4.69) is 0 Å². The highest BCUT2D eigenvalue weighted by Crippen LogP contribution is 2.33. The summed E-state index contributed by atoms with van der Waals surface area (Å²) in [6.45, 7) is 0. The number of carbonyl (C=O) groups is 1. The molecule has 2 atom stereocenters. The Hall–Kier alpha value is -1.35. The first-order chi connectivity index (χ1) is 7.25. The average Bonchev–Trinajstić information content (AvgIpc) is 2.67. The number of hydrogen-bond acceptors (Lipinski definition) is 2. The van der Waals surface area contributed by atoms with Crippen molar-refractivity contribution in [3.63, 3.8) is 0 Å². The van der Waals surface area contributed by atoms with Crippen molar-refractivity contribution in [1.82, 2.24) is 0 Å². The minimum atomic E-state index is -0.784. The molecule has 1 aliphatic heterocycles. The zero-order valence-corrected chi connectivity index (χ0v) is 8.43. The number of benzene rings is 1. The second kappa shape index (κ2) is 4.45. The summed E-state index contributed by atoms with van der Waals surface area (Å²) in [5, 5.41) is 8.65. The van der Waals surface area contributed by atoms with Gasteiger partial charge in [-0.3, -0.25) is 4.79 Å². The molecule has 0 aromatic heterocycles. The van der Waals surface area contributed by atoms with Crippen LogP contribution in [0.25, 0.3) is 0 Å². The lowest BCUT2D eigenvalue weighted by atomic mass is 10.1. The molecule has 2 rings (SSSR count). The first kappa shape index (κ1) is 10.2.